The first kappa shape index (κ1) is 11.9. The van der Waals surface area contributed by atoms with E-state index in [0.717, 1.165) is 24.5 Å². The molecule has 0 unspecified atom stereocenters. The molecule has 1 aromatic rings. The van der Waals surface area contributed by atoms with Crippen LogP contribution in [0.5, 0.6) is 0 Å². The molecule has 0 saturated carbocycles. The minimum Gasteiger partial charge on any atom is -0.383 e. The van der Waals surface area contributed by atoms with Crippen LogP contribution in [0.25, 0.3) is 0 Å². The molecule has 0 amide bonds. The quantitative estimate of drug-likeness (QED) is 0.759. The Hall–Kier alpha value is -1.13. The first-order chi connectivity index (χ1) is 7.33. The molecule has 0 fully saturated rings. The van der Waals surface area contributed by atoms with Crippen LogP contribution in [0.15, 0.2) is 18.3 Å². The van der Waals surface area contributed by atoms with Gasteiger partial charge in [-0.15, -0.1) is 0 Å². The molecule has 0 bridgehead atoms. The third-order valence-electron chi connectivity index (χ3n) is 2.35. The van der Waals surface area contributed by atoms with Gasteiger partial charge in [0.1, 0.15) is 0 Å². The van der Waals surface area contributed by atoms with E-state index in [1.165, 1.54) is 0 Å². The summed E-state index contributed by atoms with van der Waals surface area (Å²) in [6, 6.07) is 3.98. The Morgan fingerprint density at radius 2 is 2.33 bits per heavy atom. The van der Waals surface area contributed by atoms with Gasteiger partial charge in [0.15, 0.2) is 0 Å². The van der Waals surface area contributed by atoms with Gasteiger partial charge in [-0.05, 0) is 19.1 Å². The fourth-order valence-electron chi connectivity index (χ4n) is 1.53. The van der Waals surface area contributed by atoms with Crippen molar-refractivity contribution in [1.82, 2.24) is 4.98 Å². The van der Waals surface area contributed by atoms with Gasteiger partial charge < -0.3 is 15.4 Å². The molecular formula is C11H19N3O. The summed E-state index contributed by atoms with van der Waals surface area (Å²) in [5.41, 5.74) is 7.70. The molecule has 0 spiro atoms. The van der Waals surface area contributed by atoms with Crippen LogP contribution in [0.3, 0.4) is 0 Å². The number of hydrogen-bond acceptors (Lipinski definition) is 4. The molecule has 4 heteroatoms. The number of likely N-dealkylation sites (N-methyl/N-ethyl adjacent to an activating group) is 1. The average molecular weight is 209 g/mol. The molecule has 1 rings (SSSR count). The summed E-state index contributed by atoms with van der Waals surface area (Å²) in [6.07, 6.45) is 1.77. The number of aromatic nitrogens is 1. The highest BCUT2D eigenvalue weighted by molar-refractivity contribution is 5.50. The Balaban J connectivity index is 2.80. The zero-order valence-electron chi connectivity index (χ0n) is 9.44. The molecule has 15 heavy (non-hydrogen) atoms. The molecule has 0 aliphatic rings. The summed E-state index contributed by atoms with van der Waals surface area (Å²) in [7, 11) is 1.71. The maximum atomic E-state index is 5.65. The van der Waals surface area contributed by atoms with Gasteiger partial charge >= 0.3 is 0 Å². The summed E-state index contributed by atoms with van der Waals surface area (Å²) in [4.78, 5) is 6.49. The van der Waals surface area contributed by atoms with Crippen molar-refractivity contribution in [1.29, 1.82) is 0 Å². The fraction of sp³-hybridized carbons (Fsp3) is 0.545. The number of ether oxygens (including phenoxy) is 1. The number of anilines is 1. The van der Waals surface area contributed by atoms with Gasteiger partial charge in [-0.1, -0.05) is 0 Å². The van der Waals surface area contributed by atoms with Crippen LogP contribution in [-0.4, -0.2) is 31.8 Å². The summed E-state index contributed by atoms with van der Waals surface area (Å²) in [5.74, 6) is 0. The number of nitrogens with two attached hydrogens (primary N) is 1. The lowest BCUT2D eigenvalue weighted by molar-refractivity contribution is 0.205. The normalized spacial score (nSPS) is 10.3. The maximum absolute atomic E-state index is 5.65. The maximum Gasteiger partial charge on any atom is 0.0772 e. The van der Waals surface area contributed by atoms with Gasteiger partial charge in [-0.25, -0.2) is 0 Å². The lowest BCUT2D eigenvalue weighted by Gasteiger charge is -2.24. The first-order valence-electron chi connectivity index (χ1n) is 5.21. The Labute approximate surface area is 91.1 Å². The van der Waals surface area contributed by atoms with Crippen molar-refractivity contribution < 1.29 is 4.74 Å². The van der Waals surface area contributed by atoms with Gasteiger partial charge in [-0.2, -0.15) is 0 Å². The number of nitrogens with zero attached hydrogens (tertiary/aromatic N) is 2. The molecule has 1 aromatic heterocycles. The Bertz CT molecular complexity index is 291. The largest absolute Gasteiger partial charge is 0.383 e. The molecule has 0 aliphatic carbocycles. The minimum absolute atomic E-state index is 0.472. The number of pyridine rings is 1. The topological polar surface area (TPSA) is 51.4 Å². The van der Waals surface area contributed by atoms with Crippen molar-refractivity contribution in [3.05, 3.63) is 24.0 Å². The molecule has 0 aromatic carbocycles. The minimum atomic E-state index is 0.472. The van der Waals surface area contributed by atoms with E-state index in [9.17, 15) is 0 Å². The zero-order chi connectivity index (χ0) is 11.1. The molecule has 0 aliphatic heterocycles. The van der Waals surface area contributed by atoms with Gasteiger partial charge in [0.2, 0.25) is 0 Å². The summed E-state index contributed by atoms with van der Waals surface area (Å²) >= 11 is 0. The van der Waals surface area contributed by atoms with Crippen molar-refractivity contribution in [2.45, 2.75) is 13.5 Å². The van der Waals surface area contributed by atoms with E-state index in [-0.39, 0.29) is 0 Å². The van der Waals surface area contributed by atoms with E-state index in [0.29, 0.717) is 13.2 Å². The molecule has 0 radical (unpaired) electrons. The van der Waals surface area contributed by atoms with Gasteiger partial charge in [0, 0.05) is 32.9 Å². The van der Waals surface area contributed by atoms with Gasteiger partial charge in [0.25, 0.3) is 0 Å². The second-order valence-corrected chi connectivity index (χ2v) is 3.25. The van der Waals surface area contributed by atoms with Crippen LogP contribution in [-0.2, 0) is 11.3 Å². The van der Waals surface area contributed by atoms with Crippen molar-refractivity contribution in [3.63, 3.8) is 0 Å². The molecule has 2 N–H and O–H groups in total. The summed E-state index contributed by atoms with van der Waals surface area (Å²) in [6.45, 7) is 5.10. The third kappa shape index (κ3) is 3.18. The Morgan fingerprint density at radius 3 is 2.93 bits per heavy atom. The SMILES string of the molecule is CCN(CCOC)c1cccnc1CN. The first-order valence-corrected chi connectivity index (χ1v) is 5.21. The van der Waals surface area contributed by atoms with E-state index >= 15 is 0 Å². The third-order valence-corrected chi connectivity index (χ3v) is 2.35. The molecule has 0 saturated heterocycles. The Kier molecular flexibility index (Phi) is 5.07. The fourth-order valence-corrected chi connectivity index (χ4v) is 1.53. The second-order valence-electron chi connectivity index (χ2n) is 3.25. The van der Waals surface area contributed by atoms with Crippen molar-refractivity contribution in [2.24, 2.45) is 5.73 Å². The van der Waals surface area contributed by atoms with E-state index in [1.807, 2.05) is 12.1 Å². The number of methoxy groups -OCH3 is 1. The van der Waals surface area contributed by atoms with E-state index < -0.39 is 0 Å². The second kappa shape index (κ2) is 6.37. The highest BCUT2D eigenvalue weighted by Crippen LogP contribution is 2.17. The van der Waals surface area contributed by atoms with Crippen LogP contribution in [0, 0.1) is 0 Å². The van der Waals surface area contributed by atoms with Crippen LogP contribution in [0.4, 0.5) is 5.69 Å². The standard InChI is InChI=1S/C11H19N3O/c1-3-14(7-8-15-2)11-5-4-6-13-10(11)9-12/h4-6H,3,7-9,12H2,1-2H3. The van der Waals surface area contributed by atoms with E-state index in [1.54, 1.807) is 13.3 Å². The predicted molar refractivity (Wildman–Crippen MR) is 61.9 cm³/mol. The smallest absolute Gasteiger partial charge is 0.0772 e. The van der Waals surface area contributed by atoms with Crippen molar-refractivity contribution in [2.75, 3.05) is 31.7 Å². The van der Waals surface area contributed by atoms with Crippen molar-refractivity contribution >= 4 is 5.69 Å². The van der Waals surface area contributed by atoms with E-state index in [4.69, 9.17) is 10.5 Å². The molecular weight excluding hydrogens is 190 g/mol. The van der Waals surface area contributed by atoms with Crippen LogP contribution < -0.4 is 10.6 Å². The zero-order valence-corrected chi connectivity index (χ0v) is 9.44. The monoisotopic (exact) mass is 209 g/mol. The summed E-state index contributed by atoms with van der Waals surface area (Å²) < 4.78 is 5.08. The highest BCUT2D eigenvalue weighted by Gasteiger charge is 2.08. The number of hydrogen-bond donors (Lipinski definition) is 1. The lowest BCUT2D eigenvalue weighted by atomic mass is 10.2. The summed E-state index contributed by atoms with van der Waals surface area (Å²) in [5, 5.41) is 0. The Morgan fingerprint density at radius 1 is 1.53 bits per heavy atom. The number of rotatable bonds is 6. The van der Waals surface area contributed by atoms with Crippen LogP contribution >= 0.6 is 0 Å². The molecule has 4 nitrogen and oxygen atoms in total. The van der Waals surface area contributed by atoms with Gasteiger partial charge in [-0.3, -0.25) is 4.98 Å². The lowest BCUT2D eigenvalue weighted by Crippen LogP contribution is -2.28. The molecule has 84 valence electrons. The molecule has 1 heterocycles. The van der Waals surface area contributed by atoms with Gasteiger partial charge in [0.05, 0.1) is 18.0 Å². The van der Waals surface area contributed by atoms with Crippen molar-refractivity contribution in [3.8, 4) is 0 Å². The average Bonchev–Trinajstić information content (AvgIpc) is 2.30. The van der Waals surface area contributed by atoms with Crippen LogP contribution in [0.1, 0.15) is 12.6 Å². The van der Waals surface area contributed by atoms with E-state index in [2.05, 4.69) is 16.8 Å². The predicted octanol–water partition coefficient (Wildman–Crippen LogP) is 1.01. The highest BCUT2D eigenvalue weighted by atomic mass is 16.5. The molecule has 0 atom stereocenters. The van der Waals surface area contributed by atoms with Crippen LogP contribution in [0.2, 0.25) is 0 Å².